The molecule has 0 saturated carbocycles. The Bertz CT molecular complexity index is 572. The molecule has 1 aliphatic rings. The molecule has 6 heteroatoms. The number of nitrogens with zero attached hydrogens (tertiary/aromatic N) is 1. The van der Waals surface area contributed by atoms with E-state index < -0.39 is 10.0 Å². The van der Waals surface area contributed by atoms with Crippen LogP contribution in [0, 0.1) is 11.3 Å². The first-order chi connectivity index (χ1) is 9.11. The Hall–Kier alpha value is -1.42. The minimum Gasteiger partial charge on any atom is -0.315 e. The van der Waals surface area contributed by atoms with Gasteiger partial charge in [0.1, 0.15) is 0 Å². The summed E-state index contributed by atoms with van der Waals surface area (Å²) in [4.78, 5) is 0. The lowest BCUT2D eigenvalue weighted by Gasteiger charge is -2.23. The summed E-state index contributed by atoms with van der Waals surface area (Å²) in [5.41, 5.74) is 0.955. The molecule has 1 atom stereocenters. The van der Waals surface area contributed by atoms with E-state index in [-0.39, 0.29) is 11.8 Å². The van der Waals surface area contributed by atoms with Crippen molar-refractivity contribution >= 4 is 10.0 Å². The first kappa shape index (κ1) is 14.0. The number of sulfonamides is 1. The lowest BCUT2D eigenvalue weighted by atomic mass is 10.1. The van der Waals surface area contributed by atoms with Crippen LogP contribution in [0.2, 0.25) is 0 Å². The molecule has 0 bridgehead atoms. The molecule has 2 rings (SSSR count). The van der Waals surface area contributed by atoms with Crippen molar-refractivity contribution in [1.82, 2.24) is 10.0 Å². The van der Waals surface area contributed by atoms with Crippen LogP contribution in [0.25, 0.3) is 0 Å². The van der Waals surface area contributed by atoms with Crippen molar-refractivity contribution < 1.29 is 8.42 Å². The Morgan fingerprint density at radius 1 is 1.42 bits per heavy atom. The van der Waals surface area contributed by atoms with E-state index in [1.165, 1.54) is 0 Å². The topological polar surface area (TPSA) is 82.0 Å². The standard InChI is InChI=1S/C13H17N3O2S/c14-8-11-4-1-2-5-12(11)10-19(17,18)16-13-6-3-7-15-9-13/h1-2,4-5,13,15-16H,3,6-7,9-10H2/t13-/m1/s1. The predicted molar refractivity (Wildman–Crippen MR) is 72.8 cm³/mol. The molecular formula is C13H17N3O2S. The van der Waals surface area contributed by atoms with Crippen LogP contribution in [0.4, 0.5) is 0 Å². The fraction of sp³-hybridized carbons (Fsp3) is 0.462. The van der Waals surface area contributed by atoms with E-state index in [0.29, 0.717) is 17.7 Å². The monoisotopic (exact) mass is 279 g/mol. The van der Waals surface area contributed by atoms with Crippen LogP contribution < -0.4 is 10.0 Å². The van der Waals surface area contributed by atoms with Gasteiger partial charge in [-0.3, -0.25) is 0 Å². The molecule has 0 amide bonds. The molecule has 5 nitrogen and oxygen atoms in total. The molecule has 1 aromatic carbocycles. The fourth-order valence-electron chi connectivity index (χ4n) is 2.21. The normalized spacial score (nSPS) is 19.8. The van der Waals surface area contributed by atoms with Crippen molar-refractivity contribution in [3.8, 4) is 6.07 Å². The van der Waals surface area contributed by atoms with Crippen LogP contribution in [0.15, 0.2) is 24.3 Å². The zero-order valence-corrected chi connectivity index (χ0v) is 11.4. The highest BCUT2D eigenvalue weighted by Gasteiger charge is 2.21. The van der Waals surface area contributed by atoms with E-state index in [0.717, 1.165) is 19.4 Å². The Morgan fingerprint density at radius 3 is 2.89 bits per heavy atom. The van der Waals surface area contributed by atoms with E-state index in [4.69, 9.17) is 5.26 Å². The van der Waals surface area contributed by atoms with Gasteiger partial charge in [-0.2, -0.15) is 5.26 Å². The van der Waals surface area contributed by atoms with Gasteiger partial charge in [-0.05, 0) is 31.0 Å². The third-order valence-electron chi connectivity index (χ3n) is 3.13. The molecule has 1 fully saturated rings. The molecule has 1 aliphatic heterocycles. The van der Waals surface area contributed by atoms with Crippen LogP contribution >= 0.6 is 0 Å². The molecule has 1 saturated heterocycles. The highest BCUT2D eigenvalue weighted by atomic mass is 32.2. The zero-order valence-electron chi connectivity index (χ0n) is 10.6. The SMILES string of the molecule is N#Cc1ccccc1CS(=O)(=O)N[C@@H]1CCCNC1. The lowest BCUT2D eigenvalue weighted by Crippen LogP contribution is -2.45. The van der Waals surface area contributed by atoms with Gasteiger partial charge in [0.2, 0.25) is 10.0 Å². The Balaban J connectivity index is 2.06. The van der Waals surface area contributed by atoms with Gasteiger partial charge in [0.05, 0.1) is 17.4 Å². The minimum absolute atomic E-state index is 0.0482. The van der Waals surface area contributed by atoms with Crippen LogP contribution in [0.1, 0.15) is 24.0 Å². The van der Waals surface area contributed by atoms with Crippen LogP contribution in [-0.4, -0.2) is 27.5 Å². The maximum absolute atomic E-state index is 12.1. The number of hydrogen-bond donors (Lipinski definition) is 2. The maximum Gasteiger partial charge on any atom is 0.216 e. The number of nitriles is 1. The fourth-order valence-corrected chi connectivity index (χ4v) is 3.66. The highest BCUT2D eigenvalue weighted by molar-refractivity contribution is 7.88. The third kappa shape index (κ3) is 4.03. The summed E-state index contributed by atoms with van der Waals surface area (Å²) in [7, 11) is -3.41. The van der Waals surface area contributed by atoms with Crippen molar-refractivity contribution in [3.63, 3.8) is 0 Å². The van der Waals surface area contributed by atoms with Crippen molar-refractivity contribution in [2.75, 3.05) is 13.1 Å². The lowest BCUT2D eigenvalue weighted by molar-refractivity contribution is 0.428. The number of hydrogen-bond acceptors (Lipinski definition) is 4. The second kappa shape index (κ2) is 6.15. The minimum atomic E-state index is -3.41. The van der Waals surface area contributed by atoms with Crippen LogP contribution in [0.3, 0.4) is 0 Å². The van der Waals surface area contributed by atoms with Crippen molar-refractivity contribution in [3.05, 3.63) is 35.4 Å². The van der Waals surface area contributed by atoms with Crippen molar-refractivity contribution in [2.45, 2.75) is 24.6 Å². The Labute approximate surface area is 113 Å². The van der Waals surface area contributed by atoms with Crippen LogP contribution in [0.5, 0.6) is 0 Å². The first-order valence-electron chi connectivity index (χ1n) is 6.29. The zero-order chi connectivity index (χ0) is 13.7. The van der Waals surface area contributed by atoms with E-state index >= 15 is 0 Å². The van der Waals surface area contributed by atoms with Gasteiger partial charge in [0, 0.05) is 12.6 Å². The van der Waals surface area contributed by atoms with Crippen molar-refractivity contribution in [2.24, 2.45) is 0 Å². The average molecular weight is 279 g/mol. The quantitative estimate of drug-likeness (QED) is 0.851. The summed E-state index contributed by atoms with van der Waals surface area (Å²) in [6.45, 7) is 1.61. The van der Waals surface area contributed by atoms with E-state index in [2.05, 4.69) is 10.0 Å². The van der Waals surface area contributed by atoms with Gasteiger partial charge in [0.15, 0.2) is 0 Å². The second-order valence-electron chi connectivity index (χ2n) is 4.69. The average Bonchev–Trinajstić information content (AvgIpc) is 2.39. The number of nitrogens with one attached hydrogen (secondary N) is 2. The summed E-state index contributed by atoms with van der Waals surface area (Å²) < 4.78 is 26.9. The summed E-state index contributed by atoms with van der Waals surface area (Å²) in [5.74, 6) is -0.146. The molecule has 0 aromatic heterocycles. The van der Waals surface area contributed by atoms with Gasteiger partial charge in [-0.1, -0.05) is 18.2 Å². The third-order valence-corrected chi connectivity index (χ3v) is 4.51. The molecule has 0 unspecified atom stereocenters. The summed E-state index contributed by atoms with van der Waals surface area (Å²) in [6, 6.07) is 8.75. The van der Waals surface area contributed by atoms with E-state index in [9.17, 15) is 8.42 Å². The number of benzene rings is 1. The molecule has 1 aromatic rings. The molecule has 0 radical (unpaired) electrons. The molecular weight excluding hydrogens is 262 g/mol. The first-order valence-corrected chi connectivity index (χ1v) is 7.95. The summed E-state index contributed by atoms with van der Waals surface area (Å²) in [5, 5.41) is 12.1. The van der Waals surface area contributed by atoms with Gasteiger partial charge in [0.25, 0.3) is 0 Å². The maximum atomic E-state index is 12.1. The van der Waals surface area contributed by atoms with Gasteiger partial charge in [-0.25, -0.2) is 13.1 Å². The number of piperidine rings is 1. The molecule has 0 aliphatic carbocycles. The molecule has 1 heterocycles. The van der Waals surface area contributed by atoms with E-state index in [1.807, 2.05) is 6.07 Å². The smallest absolute Gasteiger partial charge is 0.216 e. The highest BCUT2D eigenvalue weighted by Crippen LogP contribution is 2.12. The molecule has 2 N–H and O–H groups in total. The second-order valence-corrected chi connectivity index (χ2v) is 6.44. The van der Waals surface area contributed by atoms with Gasteiger partial charge >= 0.3 is 0 Å². The molecule has 0 spiro atoms. The Kier molecular flexibility index (Phi) is 4.53. The molecule has 19 heavy (non-hydrogen) atoms. The van der Waals surface area contributed by atoms with Gasteiger partial charge < -0.3 is 5.32 Å². The summed E-state index contributed by atoms with van der Waals surface area (Å²) in [6.07, 6.45) is 1.83. The number of rotatable bonds is 4. The van der Waals surface area contributed by atoms with Crippen LogP contribution in [-0.2, 0) is 15.8 Å². The predicted octanol–water partition coefficient (Wildman–Crippen LogP) is 0.730. The van der Waals surface area contributed by atoms with E-state index in [1.54, 1.807) is 24.3 Å². The summed E-state index contributed by atoms with van der Waals surface area (Å²) >= 11 is 0. The molecule has 102 valence electrons. The van der Waals surface area contributed by atoms with Crippen molar-refractivity contribution in [1.29, 1.82) is 5.26 Å². The largest absolute Gasteiger partial charge is 0.315 e. The van der Waals surface area contributed by atoms with Gasteiger partial charge in [-0.15, -0.1) is 0 Å². The Morgan fingerprint density at radius 2 is 2.21 bits per heavy atom.